The van der Waals surface area contributed by atoms with Gasteiger partial charge in [-0.25, -0.2) is 4.39 Å². The number of nitrogens with one attached hydrogen (secondary N) is 1. The molecule has 106 valence electrons. The zero-order chi connectivity index (χ0) is 14.7. The van der Waals surface area contributed by atoms with Crippen LogP contribution in [0.2, 0.25) is 0 Å². The smallest absolute Gasteiger partial charge is 0.248 e. The lowest BCUT2D eigenvalue weighted by Crippen LogP contribution is -2.07. The number of anilines is 1. The number of fused-ring (bicyclic) bond motifs is 1. The summed E-state index contributed by atoms with van der Waals surface area (Å²) in [4.78, 5) is 11.8. The van der Waals surface area contributed by atoms with Crippen molar-refractivity contribution in [2.45, 2.75) is 6.42 Å². The van der Waals surface area contributed by atoms with Crippen molar-refractivity contribution < 1.29 is 13.9 Å². The van der Waals surface area contributed by atoms with Crippen molar-refractivity contribution in [2.24, 2.45) is 0 Å². The summed E-state index contributed by atoms with van der Waals surface area (Å²) in [6.45, 7) is 0.711. The van der Waals surface area contributed by atoms with Gasteiger partial charge in [0.2, 0.25) is 5.91 Å². The van der Waals surface area contributed by atoms with Crippen LogP contribution >= 0.6 is 0 Å². The maximum atomic E-state index is 13.0. The molecule has 1 aliphatic heterocycles. The molecule has 0 saturated carbocycles. The van der Waals surface area contributed by atoms with E-state index in [1.807, 2.05) is 18.2 Å². The molecule has 0 saturated heterocycles. The van der Waals surface area contributed by atoms with E-state index in [-0.39, 0.29) is 11.7 Å². The van der Waals surface area contributed by atoms with Crippen molar-refractivity contribution in [1.82, 2.24) is 0 Å². The molecule has 0 fully saturated rings. The van der Waals surface area contributed by atoms with E-state index in [4.69, 9.17) is 4.74 Å². The lowest BCUT2D eigenvalue weighted by Gasteiger charge is -2.02. The molecule has 21 heavy (non-hydrogen) atoms. The van der Waals surface area contributed by atoms with Gasteiger partial charge >= 0.3 is 0 Å². The number of ether oxygens (including phenoxy) is 1. The van der Waals surface area contributed by atoms with Crippen LogP contribution in [0.3, 0.4) is 0 Å². The highest BCUT2D eigenvalue weighted by molar-refractivity contribution is 6.01. The number of rotatable bonds is 3. The lowest BCUT2D eigenvalue weighted by atomic mass is 10.1. The van der Waals surface area contributed by atoms with Gasteiger partial charge in [-0.05, 0) is 47.5 Å². The Balaban J connectivity index is 1.67. The number of carbonyl (C=O) groups excluding carboxylic acids is 1. The van der Waals surface area contributed by atoms with Gasteiger partial charge < -0.3 is 10.1 Å². The van der Waals surface area contributed by atoms with Gasteiger partial charge in [-0.3, -0.25) is 4.79 Å². The van der Waals surface area contributed by atoms with Crippen molar-refractivity contribution in [2.75, 3.05) is 11.9 Å². The Morgan fingerprint density at radius 2 is 2.14 bits per heavy atom. The molecular weight excluding hydrogens is 269 g/mol. The van der Waals surface area contributed by atoms with Crippen LogP contribution in [-0.2, 0) is 11.2 Å². The molecule has 2 aromatic rings. The number of amides is 1. The summed E-state index contributed by atoms with van der Waals surface area (Å²) in [6, 6.07) is 11.6. The van der Waals surface area contributed by atoms with Gasteiger partial charge in [0.1, 0.15) is 11.6 Å². The molecule has 0 aliphatic carbocycles. The standard InChI is InChI=1S/C17H14FNO2/c18-14-2-1-3-15(11-14)19-17(20)7-5-12-4-6-16-13(10-12)8-9-21-16/h1-7,10-11H,8-9H2,(H,19,20)/b7-5+. The summed E-state index contributed by atoms with van der Waals surface area (Å²) in [5.74, 6) is 0.240. The van der Waals surface area contributed by atoms with Gasteiger partial charge in [0, 0.05) is 18.2 Å². The molecule has 0 atom stereocenters. The van der Waals surface area contributed by atoms with Gasteiger partial charge in [0.05, 0.1) is 6.61 Å². The SMILES string of the molecule is O=C(/C=C/c1ccc2c(c1)CCO2)Nc1cccc(F)c1. The summed E-state index contributed by atoms with van der Waals surface area (Å²) in [5.41, 5.74) is 2.53. The molecule has 0 aromatic heterocycles. The van der Waals surface area contributed by atoms with E-state index in [1.165, 1.54) is 18.2 Å². The van der Waals surface area contributed by atoms with Gasteiger partial charge in [-0.2, -0.15) is 0 Å². The Kier molecular flexibility index (Phi) is 3.69. The fraction of sp³-hybridized carbons (Fsp3) is 0.118. The second kappa shape index (κ2) is 5.79. The summed E-state index contributed by atoms with van der Waals surface area (Å²) in [7, 11) is 0. The van der Waals surface area contributed by atoms with Gasteiger partial charge in [-0.15, -0.1) is 0 Å². The third kappa shape index (κ3) is 3.28. The average Bonchev–Trinajstić information content (AvgIpc) is 2.92. The molecule has 3 rings (SSSR count). The van der Waals surface area contributed by atoms with Crippen LogP contribution in [0.15, 0.2) is 48.5 Å². The molecule has 0 radical (unpaired) electrons. The Hall–Kier alpha value is -2.62. The Morgan fingerprint density at radius 3 is 3.00 bits per heavy atom. The molecule has 0 spiro atoms. The summed E-state index contributed by atoms with van der Waals surface area (Å²) in [5, 5.41) is 2.61. The van der Waals surface area contributed by atoms with Gasteiger partial charge in [0.25, 0.3) is 0 Å². The fourth-order valence-corrected chi connectivity index (χ4v) is 2.23. The minimum atomic E-state index is -0.379. The number of halogens is 1. The van der Waals surface area contributed by atoms with E-state index in [2.05, 4.69) is 5.32 Å². The second-order valence-corrected chi connectivity index (χ2v) is 4.80. The Labute approximate surface area is 122 Å². The van der Waals surface area contributed by atoms with E-state index < -0.39 is 0 Å². The highest BCUT2D eigenvalue weighted by Crippen LogP contribution is 2.26. The fourth-order valence-electron chi connectivity index (χ4n) is 2.23. The quantitative estimate of drug-likeness (QED) is 0.877. The maximum absolute atomic E-state index is 13.0. The summed E-state index contributed by atoms with van der Waals surface area (Å²) < 4.78 is 18.4. The molecular formula is C17H14FNO2. The lowest BCUT2D eigenvalue weighted by molar-refractivity contribution is -0.111. The van der Waals surface area contributed by atoms with Crippen molar-refractivity contribution in [3.05, 3.63) is 65.5 Å². The van der Waals surface area contributed by atoms with Crippen LogP contribution in [0.1, 0.15) is 11.1 Å². The summed E-state index contributed by atoms with van der Waals surface area (Å²) >= 11 is 0. The van der Waals surface area contributed by atoms with Crippen LogP contribution in [-0.4, -0.2) is 12.5 Å². The van der Waals surface area contributed by atoms with Crippen molar-refractivity contribution in [3.63, 3.8) is 0 Å². The Bertz CT molecular complexity index is 710. The molecule has 1 amide bonds. The zero-order valence-electron chi connectivity index (χ0n) is 11.3. The molecule has 1 aliphatic rings. The molecule has 0 bridgehead atoms. The molecule has 1 N–H and O–H groups in total. The van der Waals surface area contributed by atoms with E-state index in [0.717, 1.165) is 23.3 Å². The van der Waals surface area contributed by atoms with Crippen molar-refractivity contribution in [1.29, 1.82) is 0 Å². The van der Waals surface area contributed by atoms with E-state index >= 15 is 0 Å². The molecule has 2 aromatic carbocycles. The molecule has 1 heterocycles. The van der Waals surface area contributed by atoms with Gasteiger partial charge in [-0.1, -0.05) is 12.1 Å². The van der Waals surface area contributed by atoms with Crippen LogP contribution in [0.4, 0.5) is 10.1 Å². The third-order valence-corrected chi connectivity index (χ3v) is 3.23. The largest absolute Gasteiger partial charge is 0.493 e. The Morgan fingerprint density at radius 1 is 1.24 bits per heavy atom. The average molecular weight is 283 g/mol. The summed E-state index contributed by atoms with van der Waals surface area (Å²) in [6.07, 6.45) is 4.06. The topological polar surface area (TPSA) is 38.3 Å². The second-order valence-electron chi connectivity index (χ2n) is 4.80. The van der Waals surface area contributed by atoms with E-state index in [9.17, 15) is 9.18 Å². The number of carbonyl (C=O) groups is 1. The first-order valence-electron chi connectivity index (χ1n) is 6.71. The maximum Gasteiger partial charge on any atom is 0.248 e. The first-order chi connectivity index (χ1) is 10.2. The first kappa shape index (κ1) is 13.4. The highest BCUT2D eigenvalue weighted by atomic mass is 19.1. The van der Waals surface area contributed by atoms with Crippen molar-refractivity contribution >= 4 is 17.7 Å². The zero-order valence-corrected chi connectivity index (χ0v) is 11.3. The number of hydrogen-bond acceptors (Lipinski definition) is 2. The third-order valence-electron chi connectivity index (χ3n) is 3.23. The van der Waals surface area contributed by atoms with Crippen LogP contribution in [0, 0.1) is 5.82 Å². The molecule has 4 heteroatoms. The van der Waals surface area contributed by atoms with Crippen LogP contribution in [0.25, 0.3) is 6.08 Å². The van der Waals surface area contributed by atoms with Crippen LogP contribution in [0.5, 0.6) is 5.75 Å². The predicted molar refractivity (Wildman–Crippen MR) is 79.7 cm³/mol. The minimum absolute atomic E-state index is 0.294. The van der Waals surface area contributed by atoms with Crippen molar-refractivity contribution in [3.8, 4) is 5.75 Å². The molecule has 3 nitrogen and oxygen atoms in total. The monoisotopic (exact) mass is 283 g/mol. The molecule has 0 unspecified atom stereocenters. The van der Waals surface area contributed by atoms with E-state index in [1.54, 1.807) is 18.2 Å². The number of benzene rings is 2. The van der Waals surface area contributed by atoms with Gasteiger partial charge in [0.15, 0.2) is 0 Å². The minimum Gasteiger partial charge on any atom is -0.493 e. The normalized spacial score (nSPS) is 13.0. The number of hydrogen-bond donors (Lipinski definition) is 1. The predicted octanol–water partition coefficient (Wildman–Crippen LogP) is 3.41. The van der Waals surface area contributed by atoms with E-state index in [0.29, 0.717) is 12.3 Å². The van der Waals surface area contributed by atoms with Crippen LogP contribution < -0.4 is 10.1 Å². The highest BCUT2D eigenvalue weighted by Gasteiger charge is 2.11. The first-order valence-corrected chi connectivity index (χ1v) is 6.71.